The van der Waals surface area contributed by atoms with Crippen molar-refractivity contribution in [3.8, 4) is 0 Å². The van der Waals surface area contributed by atoms with Gasteiger partial charge in [-0.05, 0) is 84.0 Å². The molecule has 5 aliphatic rings. The van der Waals surface area contributed by atoms with E-state index >= 15 is 0 Å². The van der Waals surface area contributed by atoms with E-state index in [1.807, 2.05) is 26.8 Å². The smallest absolute Gasteiger partial charge is 0.331 e. The summed E-state index contributed by atoms with van der Waals surface area (Å²) in [6.07, 6.45) is 4.54. The number of allylic oxidation sites excluding steroid dienone is 2. The van der Waals surface area contributed by atoms with Crippen LogP contribution < -0.4 is 0 Å². The van der Waals surface area contributed by atoms with Gasteiger partial charge in [-0.3, -0.25) is 0 Å². The summed E-state index contributed by atoms with van der Waals surface area (Å²) in [5.74, 6) is -1.06. The first-order valence-corrected chi connectivity index (χ1v) is 22.3. The SMILES string of the molecule is COC1CC(OC)CC2CCC3(CO3)C(CC(OC3OCC(O)C(O)C3O)C/C=C(C)\C=C\C(=O)OC(C(C)C(O)C(C)CCC3CC(OC)CC(C)O3)CC(OC)C1)O2. The van der Waals surface area contributed by atoms with Crippen LogP contribution in [0.2, 0.25) is 0 Å². The number of carbonyl (C=O) groups is 1. The lowest BCUT2D eigenvalue weighted by atomic mass is 9.83. The van der Waals surface area contributed by atoms with Crippen LogP contribution in [0.1, 0.15) is 105 Å². The number of methoxy groups -OCH3 is 4. The summed E-state index contributed by atoms with van der Waals surface area (Å²) < 4.78 is 60.9. The number of fused-ring (bicyclic) bond motifs is 3. The number of hydrogen-bond acceptors (Lipinski definition) is 15. The van der Waals surface area contributed by atoms with Gasteiger partial charge in [0.15, 0.2) is 6.29 Å². The van der Waals surface area contributed by atoms with Crippen LogP contribution in [-0.4, -0.2) is 165 Å². The van der Waals surface area contributed by atoms with Gasteiger partial charge < -0.3 is 67.8 Å². The number of epoxide rings is 1. The zero-order valence-electron chi connectivity index (χ0n) is 37.2. The first kappa shape index (κ1) is 49.4. The topological polar surface area (TPSA) is 194 Å². The highest BCUT2D eigenvalue weighted by atomic mass is 16.7. The second-order valence-electron chi connectivity index (χ2n) is 18.2. The Morgan fingerprint density at radius 2 is 1.48 bits per heavy atom. The highest BCUT2D eigenvalue weighted by molar-refractivity contribution is 5.82. The minimum absolute atomic E-state index is 0.0541. The summed E-state index contributed by atoms with van der Waals surface area (Å²) in [5.41, 5.74) is 0.335. The number of esters is 1. The molecule has 4 saturated heterocycles. The highest BCUT2D eigenvalue weighted by Crippen LogP contribution is 2.45. The maximum absolute atomic E-state index is 13.6. The minimum atomic E-state index is -1.45. The number of rotatable bonds is 12. The fourth-order valence-corrected chi connectivity index (χ4v) is 9.48. The van der Waals surface area contributed by atoms with Crippen molar-refractivity contribution < 1.29 is 72.6 Å². The molecule has 0 aromatic heterocycles. The fraction of sp³-hybridized carbons (Fsp3) is 0.889. The van der Waals surface area contributed by atoms with E-state index in [2.05, 4.69) is 6.92 Å². The molecule has 0 aliphatic carbocycles. The molecule has 18 unspecified atom stereocenters. The molecule has 5 heterocycles. The predicted molar refractivity (Wildman–Crippen MR) is 220 cm³/mol. The van der Waals surface area contributed by atoms with E-state index in [0.717, 1.165) is 44.1 Å². The standard InChI is InChI=1S/C45H76O15/c1-26-9-12-31(59-44-43(50)42(49)37(46)24-55-44)23-39-45(25-56-45)16-15-32(58-39)19-34(52-6)20-35(53-7)21-36(54-8)22-38(60-40(47)14-10-26)29(4)41(48)27(2)11-13-30-18-33(51-5)17-28(3)57-30/h9-10,14,27-39,41-44,46,48-50H,11-13,15-25H2,1-8H3/b14-10+,26-9-. The summed E-state index contributed by atoms with van der Waals surface area (Å²) in [7, 11) is 6.76. The highest BCUT2D eigenvalue weighted by Gasteiger charge is 2.56. The van der Waals surface area contributed by atoms with Gasteiger partial charge in [-0.1, -0.05) is 31.6 Å². The Labute approximate surface area is 357 Å². The number of aliphatic hydroxyl groups is 4. The normalized spacial score (nSPS) is 43.2. The summed E-state index contributed by atoms with van der Waals surface area (Å²) in [4.78, 5) is 13.6. The lowest BCUT2D eigenvalue weighted by molar-refractivity contribution is -0.285. The van der Waals surface area contributed by atoms with Crippen molar-refractivity contribution in [2.75, 3.05) is 41.7 Å². The molecule has 15 nitrogen and oxygen atoms in total. The molecule has 0 aromatic carbocycles. The van der Waals surface area contributed by atoms with Crippen molar-refractivity contribution in [2.45, 2.75) is 202 Å². The molecule has 15 heteroatoms. The summed E-state index contributed by atoms with van der Waals surface area (Å²) >= 11 is 0. The van der Waals surface area contributed by atoms with Gasteiger partial charge in [0.25, 0.3) is 0 Å². The molecule has 0 amide bonds. The Balaban J connectivity index is 1.36. The van der Waals surface area contributed by atoms with Crippen LogP contribution in [0.15, 0.2) is 23.8 Å². The average molecular weight is 857 g/mol. The first-order valence-electron chi connectivity index (χ1n) is 22.3. The zero-order valence-corrected chi connectivity index (χ0v) is 37.2. The maximum atomic E-state index is 13.6. The Kier molecular flexibility index (Phi) is 19.3. The van der Waals surface area contributed by atoms with Crippen molar-refractivity contribution >= 4 is 5.97 Å². The van der Waals surface area contributed by atoms with E-state index < -0.39 is 60.4 Å². The van der Waals surface area contributed by atoms with Gasteiger partial charge in [0.1, 0.15) is 30.0 Å². The monoisotopic (exact) mass is 857 g/mol. The summed E-state index contributed by atoms with van der Waals surface area (Å²) in [6.45, 7) is 8.28. The third-order valence-electron chi connectivity index (χ3n) is 13.7. The van der Waals surface area contributed by atoms with Crippen LogP contribution in [0.25, 0.3) is 0 Å². The van der Waals surface area contributed by atoms with Crippen molar-refractivity contribution in [1.82, 2.24) is 0 Å². The van der Waals surface area contributed by atoms with Crippen molar-refractivity contribution in [2.24, 2.45) is 11.8 Å². The average Bonchev–Trinajstić information content (AvgIpc) is 4.02. The molecule has 0 saturated carbocycles. The first-order chi connectivity index (χ1) is 28.7. The minimum Gasteiger partial charge on any atom is -0.459 e. The van der Waals surface area contributed by atoms with Crippen LogP contribution in [0.5, 0.6) is 0 Å². The van der Waals surface area contributed by atoms with Crippen molar-refractivity contribution in [3.05, 3.63) is 23.8 Å². The van der Waals surface area contributed by atoms with Gasteiger partial charge in [0.05, 0.1) is 74.3 Å². The Bertz CT molecular complexity index is 1360. The number of ether oxygens (including phenoxy) is 10. The third-order valence-corrected chi connectivity index (χ3v) is 13.7. The van der Waals surface area contributed by atoms with Crippen LogP contribution in [-0.2, 0) is 52.2 Å². The molecular weight excluding hydrogens is 780 g/mol. The second kappa shape index (κ2) is 23.4. The maximum Gasteiger partial charge on any atom is 0.331 e. The van der Waals surface area contributed by atoms with Crippen LogP contribution in [0, 0.1) is 11.8 Å². The van der Waals surface area contributed by atoms with E-state index in [1.165, 1.54) is 6.08 Å². The Morgan fingerprint density at radius 1 is 0.833 bits per heavy atom. The van der Waals surface area contributed by atoms with E-state index in [-0.39, 0.29) is 61.4 Å². The van der Waals surface area contributed by atoms with Crippen LogP contribution in [0.4, 0.5) is 0 Å². The fourth-order valence-electron chi connectivity index (χ4n) is 9.48. The molecule has 5 aliphatic heterocycles. The van der Waals surface area contributed by atoms with Gasteiger partial charge in [0, 0.05) is 53.3 Å². The Morgan fingerprint density at radius 3 is 2.15 bits per heavy atom. The predicted octanol–water partition coefficient (Wildman–Crippen LogP) is 3.94. The number of cyclic esters (lactones) is 1. The molecule has 2 bridgehead atoms. The van der Waals surface area contributed by atoms with Gasteiger partial charge in [-0.2, -0.15) is 0 Å². The second-order valence-corrected chi connectivity index (χ2v) is 18.2. The molecule has 0 aromatic rings. The Hall–Kier alpha value is -1.57. The third kappa shape index (κ3) is 14.0. The van der Waals surface area contributed by atoms with Crippen molar-refractivity contribution in [3.63, 3.8) is 0 Å². The van der Waals surface area contributed by atoms with Gasteiger partial charge in [-0.15, -0.1) is 0 Å². The number of hydrogen-bond donors (Lipinski definition) is 4. The number of carbonyl (C=O) groups excluding carboxylic acids is 1. The zero-order chi connectivity index (χ0) is 43.6. The molecule has 4 N–H and O–H groups in total. The largest absolute Gasteiger partial charge is 0.459 e. The molecule has 0 radical (unpaired) electrons. The number of aliphatic hydroxyl groups excluding tert-OH is 4. The lowest BCUT2D eigenvalue weighted by Crippen LogP contribution is -2.55. The molecular formula is C45H76O15. The van der Waals surface area contributed by atoms with E-state index in [0.29, 0.717) is 45.1 Å². The van der Waals surface area contributed by atoms with Gasteiger partial charge in [-0.25, -0.2) is 4.79 Å². The van der Waals surface area contributed by atoms with Crippen molar-refractivity contribution in [1.29, 1.82) is 0 Å². The van der Waals surface area contributed by atoms with Gasteiger partial charge >= 0.3 is 5.97 Å². The van der Waals surface area contributed by atoms with E-state index in [4.69, 9.17) is 47.4 Å². The van der Waals surface area contributed by atoms with Crippen LogP contribution >= 0.6 is 0 Å². The van der Waals surface area contributed by atoms with E-state index in [1.54, 1.807) is 34.5 Å². The quantitative estimate of drug-likeness (QED) is 0.163. The van der Waals surface area contributed by atoms with Crippen LogP contribution in [0.3, 0.4) is 0 Å². The summed E-state index contributed by atoms with van der Waals surface area (Å²) in [6, 6.07) is 0. The molecule has 18 atom stereocenters. The molecule has 5 rings (SSSR count). The molecule has 4 fully saturated rings. The summed E-state index contributed by atoms with van der Waals surface area (Å²) in [5, 5.41) is 43.0. The van der Waals surface area contributed by atoms with E-state index in [9.17, 15) is 25.2 Å². The lowest BCUT2D eigenvalue weighted by Gasteiger charge is -2.40. The molecule has 346 valence electrons. The van der Waals surface area contributed by atoms with Gasteiger partial charge in [0.2, 0.25) is 0 Å². The molecule has 1 spiro atoms. The molecule has 60 heavy (non-hydrogen) atoms.